The van der Waals surface area contributed by atoms with Crippen LogP contribution in [-0.2, 0) is 22.4 Å². The van der Waals surface area contributed by atoms with Crippen LogP contribution in [0.2, 0.25) is 0 Å². The average Bonchev–Trinajstić information content (AvgIpc) is 3.31. The van der Waals surface area contributed by atoms with Crippen molar-refractivity contribution in [3.05, 3.63) is 70.6 Å². The number of hydrogen-bond acceptors (Lipinski definition) is 6. The lowest BCUT2D eigenvalue weighted by molar-refractivity contribution is -0.121. The highest BCUT2D eigenvalue weighted by molar-refractivity contribution is 7.14. The van der Waals surface area contributed by atoms with Gasteiger partial charge < -0.3 is 14.5 Å². The van der Waals surface area contributed by atoms with Gasteiger partial charge in [-0.3, -0.25) is 14.9 Å². The third-order valence-electron chi connectivity index (χ3n) is 4.28. The van der Waals surface area contributed by atoms with Crippen LogP contribution in [0.25, 0.3) is 0 Å². The number of nitrogens with one attached hydrogen (secondary N) is 2. The second-order valence-corrected chi connectivity index (χ2v) is 7.43. The highest BCUT2D eigenvalue weighted by Crippen LogP contribution is 2.18. The fourth-order valence-electron chi connectivity index (χ4n) is 2.93. The van der Waals surface area contributed by atoms with Crippen LogP contribution >= 0.6 is 11.3 Å². The molecule has 2 aromatic heterocycles. The Morgan fingerprint density at radius 2 is 2.03 bits per heavy atom. The molecule has 0 aliphatic rings. The molecule has 0 saturated carbocycles. The topological polar surface area (TPSA) is 93.5 Å². The minimum absolute atomic E-state index is 0.128. The highest BCUT2D eigenvalue weighted by Gasteiger charge is 2.16. The van der Waals surface area contributed by atoms with E-state index in [0.717, 1.165) is 5.56 Å². The number of carbonyl (C=O) groups is 2. The summed E-state index contributed by atoms with van der Waals surface area (Å²) in [5.74, 6) is 0.114. The molecule has 2 N–H and O–H groups in total. The van der Waals surface area contributed by atoms with Crippen molar-refractivity contribution in [1.82, 2.24) is 10.3 Å². The maximum Gasteiger partial charge on any atom is 0.260 e. The molecule has 152 valence electrons. The van der Waals surface area contributed by atoms with Gasteiger partial charge in [-0.2, -0.15) is 0 Å². The number of amides is 2. The molecule has 0 fully saturated rings. The van der Waals surface area contributed by atoms with Crippen LogP contribution in [0.15, 0.2) is 52.5 Å². The third-order valence-corrected chi connectivity index (χ3v) is 5.08. The normalized spacial score (nSPS) is 11.8. The molecule has 0 bridgehead atoms. The first kappa shape index (κ1) is 20.8. The second-order valence-electron chi connectivity index (χ2n) is 6.57. The van der Waals surface area contributed by atoms with Crippen molar-refractivity contribution >= 4 is 28.3 Å². The molecule has 29 heavy (non-hydrogen) atoms. The molecule has 0 saturated heterocycles. The number of nitrogens with zero attached hydrogens (tertiary/aromatic N) is 1. The maximum absolute atomic E-state index is 12.4. The van der Waals surface area contributed by atoms with Gasteiger partial charge in [0.1, 0.15) is 5.76 Å². The van der Waals surface area contributed by atoms with Crippen molar-refractivity contribution in [2.24, 2.45) is 0 Å². The number of hydrogen-bond donors (Lipinski definition) is 2. The summed E-state index contributed by atoms with van der Waals surface area (Å²) < 4.78 is 10.4. The minimum atomic E-state index is -0.287. The zero-order valence-electron chi connectivity index (χ0n) is 16.3. The van der Waals surface area contributed by atoms with E-state index in [-0.39, 0.29) is 24.3 Å². The van der Waals surface area contributed by atoms with E-state index in [2.05, 4.69) is 15.6 Å². The Kier molecular flexibility index (Phi) is 7.15. The number of methoxy groups -OCH3 is 1. The van der Waals surface area contributed by atoms with Gasteiger partial charge in [-0.15, -0.1) is 11.3 Å². The van der Waals surface area contributed by atoms with Gasteiger partial charge >= 0.3 is 0 Å². The fourth-order valence-corrected chi connectivity index (χ4v) is 3.63. The SMILES string of the molecule is COCC(Cc1ccccc1)NC(=O)Cc1csc(NC(=O)c2ccoc2C)n1. The smallest absolute Gasteiger partial charge is 0.260 e. The molecule has 1 atom stereocenters. The Balaban J connectivity index is 1.54. The van der Waals surface area contributed by atoms with Crippen molar-refractivity contribution < 1.29 is 18.7 Å². The molecule has 0 radical (unpaired) electrons. The number of aryl methyl sites for hydroxylation is 1. The summed E-state index contributed by atoms with van der Waals surface area (Å²) >= 11 is 1.28. The molecule has 1 aromatic carbocycles. The van der Waals surface area contributed by atoms with E-state index in [1.54, 1.807) is 25.5 Å². The summed E-state index contributed by atoms with van der Waals surface area (Å²) in [6.45, 7) is 2.14. The third kappa shape index (κ3) is 6.00. The second kappa shape index (κ2) is 9.99. The average molecular weight is 413 g/mol. The molecular weight excluding hydrogens is 390 g/mol. The summed E-state index contributed by atoms with van der Waals surface area (Å²) in [6, 6.07) is 11.4. The van der Waals surface area contributed by atoms with Crippen LogP contribution in [0.4, 0.5) is 5.13 Å². The Hall–Kier alpha value is -2.97. The molecule has 0 aliphatic carbocycles. The van der Waals surface area contributed by atoms with Gasteiger partial charge in [-0.25, -0.2) is 4.98 Å². The zero-order chi connectivity index (χ0) is 20.6. The molecule has 1 unspecified atom stereocenters. The van der Waals surface area contributed by atoms with Gasteiger partial charge in [0.15, 0.2) is 5.13 Å². The Morgan fingerprint density at radius 3 is 2.72 bits per heavy atom. The lowest BCUT2D eigenvalue weighted by atomic mass is 10.1. The van der Waals surface area contributed by atoms with Crippen molar-refractivity contribution in [3.8, 4) is 0 Å². The zero-order valence-corrected chi connectivity index (χ0v) is 17.1. The van der Waals surface area contributed by atoms with Crippen molar-refractivity contribution in [1.29, 1.82) is 0 Å². The number of ether oxygens (including phenoxy) is 1. The van der Waals surface area contributed by atoms with E-state index in [4.69, 9.17) is 9.15 Å². The largest absolute Gasteiger partial charge is 0.469 e. The molecular formula is C21H23N3O4S. The number of benzene rings is 1. The van der Waals surface area contributed by atoms with E-state index in [9.17, 15) is 9.59 Å². The fraction of sp³-hybridized carbons (Fsp3) is 0.286. The van der Waals surface area contributed by atoms with Gasteiger partial charge in [0, 0.05) is 12.5 Å². The molecule has 8 heteroatoms. The number of aromatic nitrogens is 1. The summed E-state index contributed by atoms with van der Waals surface area (Å²) in [4.78, 5) is 29.0. The Bertz CT molecular complexity index is 952. The molecule has 2 heterocycles. The molecule has 3 aromatic rings. The Labute approximate surface area is 173 Å². The van der Waals surface area contributed by atoms with Crippen molar-refractivity contribution in [2.45, 2.75) is 25.8 Å². The van der Waals surface area contributed by atoms with E-state index in [0.29, 0.717) is 35.2 Å². The van der Waals surface area contributed by atoms with Crippen LogP contribution in [-0.4, -0.2) is 36.6 Å². The first-order valence-corrected chi connectivity index (χ1v) is 10.0. The standard InChI is InChI=1S/C21H23N3O4S/c1-14-18(8-9-28-14)20(26)24-21-23-17(13-29-21)11-19(25)22-16(12-27-2)10-15-6-4-3-5-7-15/h3-9,13,16H,10-12H2,1-2H3,(H,22,25)(H,23,24,26). The molecule has 7 nitrogen and oxygen atoms in total. The van der Waals surface area contributed by atoms with Gasteiger partial charge in [-0.05, 0) is 25.0 Å². The summed E-state index contributed by atoms with van der Waals surface area (Å²) in [6.07, 6.45) is 2.28. The van der Waals surface area contributed by atoms with Crippen LogP contribution in [0.1, 0.15) is 27.4 Å². The van der Waals surface area contributed by atoms with Crippen LogP contribution in [0, 0.1) is 6.92 Å². The molecule has 2 amide bonds. The van der Waals surface area contributed by atoms with E-state index in [1.807, 2.05) is 30.3 Å². The number of furan rings is 1. The number of anilines is 1. The number of rotatable bonds is 9. The predicted molar refractivity (Wildman–Crippen MR) is 111 cm³/mol. The van der Waals surface area contributed by atoms with E-state index >= 15 is 0 Å². The Morgan fingerprint density at radius 1 is 1.24 bits per heavy atom. The van der Waals surface area contributed by atoms with Gasteiger partial charge in [-0.1, -0.05) is 30.3 Å². The van der Waals surface area contributed by atoms with Crippen LogP contribution in [0.5, 0.6) is 0 Å². The van der Waals surface area contributed by atoms with Gasteiger partial charge in [0.25, 0.3) is 5.91 Å². The predicted octanol–water partition coefficient (Wildman–Crippen LogP) is 3.21. The maximum atomic E-state index is 12.4. The summed E-state index contributed by atoms with van der Waals surface area (Å²) in [7, 11) is 1.61. The first-order chi connectivity index (χ1) is 14.0. The van der Waals surface area contributed by atoms with Crippen molar-refractivity contribution in [3.63, 3.8) is 0 Å². The highest BCUT2D eigenvalue weighted by atomic mass is 32.1. The molecule has 0 spiro atoms. The molecule has 3 rings (SSSR count). The number of thiazole rings is 1. The van der Waals surface area contributed by atoms with E-state index < -0.39 is 0 Å². The van der Waals surface area contributed by atoms with E-state index in [1.165, 1.54) is 17.6 Å². The first-order valence-electron chi connectivity index (χ1n) is 9.17. The summed E-state index contributed by atoms with van der Waals surface area (Å²) in [5, 5.41) is 7.93. The number of carbonyl (C=O) groups excluding carboxylic acids is 2. The lowest BCUT2D eigenvalue weighted by Crippen LogP contribution is -2.40. The summed E-state index contributed by atoms with van der Waals surface area (Å²) in [5.41, 5.74) is 2.19. The quantitative estimate of drug-likeness (QED) is 0.562. The van der Waals surface area contributed by atoms with Gasteiger partial charge in [0.2, 0.25) is 5.91 Å². The van der Waals surface area contributed by atoms with Crippen LogP contribution in [0.3, 0.4) is 0 Å². The van der Waals surface area contributed by atoms with Crippen LogP contribution < -0.4 is 10.6 Å². The van der Waals surface area contributed by atoms with Gasteiger partial charge in [0.05, 0.1) is 36.6 Å². The lowest BCUT2D eigenvalue weighted by Gasteiger charge is -2.18. The molecule has 0 aliphatic heterocycles. The monoisotopic (exact) mass is 413 g/mol. The van der Waals surface area contributed by atoms with Crippen molar-refractivity contribution in [2.75, 3.05) is 19.0 Å². The minimum Gasteiger partial charge on any atom is -0.469 e.